The molecule has 15 heavy (non-hydrogen) atoms. The lowest BCUT2D eigenvalue weighted by Gasteiger charge is -2.16. The Hall–Kier alpha value is -0.540. The van der Waals surface area contributed by atoms with Gasteiger partial charge in [0.25, 0.3) is 0 Å². The summed E-state index contributed by atoms with van der Waals surface area (Å²) in [6.45, 7) is 4.18. The summed E-state index contributed by atoms with van der Waals surface area (Å²) < 4.78 is 6.18. The lowest BCUT2D eigenvalue weighted by atomic mass is 9.99. The van der Waals surface area contributed by atoms with Crippen LogP contribution >= 0.6 is 15.9 Å². The van der Waals surface area contributed by atoms with Gasteiger partial charge in [0.05, 0.1) is 13.2 Å². The second-order valence-corrected chi connectivity index (χ2v) is 4.95. The first-order valence-corrected chi connectivity index (χ1v) is 5.85. The molecule has 0 radical (unpaired) electrons. The zero-order valence-corrected chi connectivity index (χ0v) is 10.9. The third kappa shape index (κ3) is 3.50. The van der Waals surface area contributed by atoms with Gasteiger partial charge in [-0.25, -0.2) is 0 Å². The lowest BCUT2D eigenvalue weighted by Crippen LogP contribution is -2.04. The Bertz CT molecular complexity index is 323. The molecule has 1 aromatic carbocycles. The minimum atomic E-state index is -0.461. The van der Waals surface area contributed by atoms with Crippen LogP contribution in [0.1, 0.15) is 31.9 Å². The second-order valence-electron chi connectivity index (χ2n) is 4.03. The van der Waals surface area contributed by atoms with Crippen LogP contribution in [-0.2, 0) is 0 Å². The number of rotatable bonds is 4. The Morgan fingerprint density at radius 2 is 2.07 bits per heavy atom. The topological polar surface area (TPSA) is 29.5 Å². The van der Waals surface area contributed by atoms with Gasteiger partial charge in [0.15, 0.2) is 0 Å². The molecular weight excluding hydrogens is 256 g/mol. The van der Waals surface area contributed by atoms with Gasteiger partial charge in [-0.3, -0.25) is 0 Å². The largest absolute Gasteiger partial charge is 0.496 e. The van der Waals surface area contributed by atoms with Crippen molar-refractivity contribution in [3.05, 3.63) is 28.2 Å². The van der Waals surface area contributed by atoms with Gasteiger partial charge in [-0.2, -0.15) is 0 Å². The number of ether oxygens (including phenoxy) is 1. The van der Waals surface area contributed by atoms with E-state index in [0.717, 1.165) is 22.2 Å². The van der Waals surface area contributed by atoms with E-state index < -0.39 is 6.10 Å². The molecule has 0 aliphatic carbocycles. The number of benzene rings is 1. The predicted molar refractivity (Wildman–Crippen MR) is 65.1 cm³/mol. The SMILES string of the molecule is COc1ccc(Br)cc1C(O)CC(C)C. The fourth-order valence-electron chi connectivity index (χ4n) is 1.54. The van der Waals surface area contributed by atoms with Crippen LogP contribution in [0, 0.1) is 5.92 Å². The van der Waals surface area contributed by atoms with Crippen LogP contribution in [0.5, 0.6) is 5.75 Å². The number of aliphatic hydroxyl groups excluding tert-OH is 1. The molecule has 0 heterocycles. The molecule has 1 N–H and O–H groups in total. The van der Waals surface area contributed by atoms with Crippen LogP contribution in [0.2, 0.25) is 0 Å². The van der Waals surface area contributed by atoms with E-state index in [4.69, 9.17) is 4.74 Å². The molecule has 3 heteroatoms. The van der Waals surface area contributed by atoms with E-state index in [2.05, 4.69) is 29.8 Å². The Balaban J connectivity index is 2.94. The molecule has 1 unspecified atom stereocenters. The highest BCUT2D eigenvalue weighted by atomic mass is 79.9. The van der Waals surface area contributed by atoms with Crippen LogP contribution in [0.15, 0.2) is 22.7 Å². The normalized spacial score (nSPS) is 12.9. The molecule has 0 amide bonds. The van der Waals surface area contributed by atoms with Gasteiger partial charge in [0, 0.05) is 10.0 Å². The quantitative estimate of drug-likeness (QED) is 0.909. The van der Waals surface area contributed by atoms with E-state index >= 15 is 0 Å². The Morgan fingerprint density at radius 1 is 1.40 bits per heavy atom. The summed E-state index contributed by atoms with van der Waals surface area (Å²) in [7, 11) is 1.62. The van der Waals surface area contributed by atoms with Crippen LogP contribution in [-0.4, -0.2) is 12.2 Å². The molecule has 0 aliphatic heterocycles. The van der Waals surface area contributed by atoms with E-state index in [0.29, 0.717) is 5.92 Å². The molecule has 0 spiro atoms. The molecule has 0 bridgehead atoms. The number of hydrogen-bond acceptors (Lipinski definition) is 2. The van der Waals surface area contributed by atoms with Crippen molar-refractivity contribution in [2.75, 3.05) is 7.11 Å². The van der Waals surface area contributed by atoms with Crippen LogP contribution in [0.3, 0.4) is 0 Å². The van der Waals surface area contributed by atoms with Gasteiger partial charge in [0.2, 0.25) is 0 Å². The molecule has 1 atom stereocenters. The number of hydrogen-bond donors (Lipinski definition) is 1. The molecular formula is C12H17BrO2. The molecule has 0 saturated carbocycles. The standard InChI is InChI=1S/C12H17BrO2/c1-8(2)6-11(14)10-7-9(13)4-5-12(10)15-3/h4-5,7-8,11,14H,6H2,1-3H3. The van der Waals surface area contributed by atoms with Gasteiger partial charge in [-0.1, -0.05) is 29.8 Å². The summed E-state index contributed by atoms with van der Waals surface area (Å²) in [5.74, 6) is 1.20. The van der Waals surface area contributed by atoms with Crippen molar-refractivity contribution in [2.24, 2.45) is 5.92 Å². The summed E-state index contributed by atoms with van der Waals surface area (Å²) in [5, 5.41) is 10.0. The maximum Gasteiger partial charge on any atom is 0.124 e. The van der Waals surface area contributed by atoms with Crippen molar-refractivity contribution in [2.45, 2.75) is 26.4 Å². The van der Waals surface area contributed by atoms with Gasteiger partial charge in [0.1, 0.15) is 5.75 Å². The van der Waals surface area contributed by atoms with Gasteiger partial charge < -0.3 is 9.84 Å². The maximum atomic E-state index is 10.0. The van der Waals surface area contributed by atoms with Gasteiger partial charge in [-0.15, -0.1) is 0 Å². The van der Waals surface area contributed by atoms with E-state index in [1.165, 1.54) is 0 Å². The minimum absolute atomic E-state index is 0.461. The summed E-state index contributed by atoms with van der Waals surface area (Å²) >= 11 is 3.39. The highest BCUT2D eigenvalue weighted by molar-refractivity contribution is 9.10. The monoisotopic (exact) mass is 272 g/mol. The van der Waals surface area contributed by atoms with Crippen LogP contribution in [0.4, 0.5) is 0 Å². The van der Waals surface area contributed by atoms with Crippen LogP contribution < -0.4 is 4.74 Å². The highest BCUT2D eigenvalue weighted by Crippen LogP contribution is 2.31. The molecule has 0 fully saturated rings. The van der Waals surface area contributed by atoms with Crippen molar-refractivity contribution in [1.82, 2.24) is 0 Å². The smallest absolute Gasteiger partial charge is 0.124 e. The molecule has 1 rings (SSSR count). The molecule has 0 saturated heterocycles. The first-order valence-electron chi connectivity index (χ1n) is 5.06. The van der Waals surface area contributed by atoms with Crippen molar-refractivity contribution in [3.8, 4) is 5.75 Å². The van der Waals surface area contributed by atoms with Crippen molar-refractivity contribution in [1.29, 1.82) is 0 Å². The van der Waals surface area contributed by atoms with Crippen LogP contribution in [0.25, 0.3) is 0 Å². The van der Waals surface area contributed by atoms with Gasteiger partial charge in [-0.05, 0) is 30.5 Å². The zero-order chi connectivity index (χ0) is 11.4. The van der Waals surface area contributed by atoms with E-state index in [9.17, 15) is 5.11 Å². The van der Waals surface area contributed by atoms with E-state index in [1.54, 1.807) is 7.11 Å². The van der Waals surface area contributed by atoms with Crippen molar-refractivity contribution >= 4 is 15.9 Å². The lowest BCUT2D eigenvalue weighted by molar-refractivity contribution is 0.147. The minimum Gasteiger partial charge on any atom is -0.496 e. The Morgan fingerprint density at radius 3 is 2.60 bits per heavy atom. The Labute approximate surface area is 99.4 Å². The third-order valence-electron chi connectivity index (χ3n) is 2.25. The third-order valence-corrected chi connectivity index (χ3v) is 2.74. The predicted octanol–water partition coefficient (Wildman–Crippen LogP) is 3.54. The zero-order valence-electron chi connectivity index (χ0n) is 9.33. The summed E-state index contributed by atoms with van der Waals surface area (Å²) in [4.78, 5) is 0. The average Bonchev–Trinajstić information content (AvgIpc) is 2.16. The van der Waals surface area contributed by atoms with E-state index in [-0.39, 0.29) is 0 Å². The molecule has 1 aromatic rings. The first-order chi connectivity index (χ1) is 7.04. The molecule has 84 valence electrons. The Kier molecular flexibility index (Phi) is 4.61. The van der Waals surface area contributed by atoms with Crippen molar-refractivity contribution in [3.63, 3.8) is 0 Å². The number of methoxy groups -OCH3 is 1. The highest BCUT2D eigenvalue weighted by Gasteiger charge is 2.14. The first kappa shape index (κ1) is 12.5. The fraction of sp³-hybridized carbons (Fsp3) is 0.500. The summed E-state index contributed by atoms with van der Waals surface area (Å²) in [6, 6.07) is 5.68. The molecule has 0 aliphatic rings. The molecule has 2 nitrogen and oxygen atoms in total. The maximum absolute atomic E-state index is 10.0. The summed E-state index contributed by atoms with van der Waals surface area (Å²) in [5.41, 5.74) is 0.848. The number of halogens is 1. The van der Waals surface area contributed by atoms with Crippen molar-refractivity contribution < 1.29 is 9.84 Å². The number of aliphatic hydroxyl groups is 1. The van der Waals surface area contributed by atoms with E-state index in [1.807, 2.05) is 18.2 Å². The van der Waals surface area contributed by atoms with Gasteiger partial charge >= 0.3 is 0 Å². The fourth-order valence-corrected chi connectivity index (χ4v) is 1.92. The molecule has 0 aromatic heterocycles. The average molecular weight is 273 g/mol. The second kappa shape index (κ2) is 5.52. The summed E-state index contributed by atoms with van der Waals surface area (Å²) in [6.07, 6.45) is 0.282.